The summed E-state index contributed by atoms with van der Waals surface area (Å²) in [6.07, 6.45) is -1.27. The van der Waals surface area contributed by atoms with Crippen LogP contribution in [-0.2, 0) is 23.9 Å². The number of carbonyl (C=O) groups is 3. The Kier molecular flexibility index (Phi) is 5.79. The third kappa shape index (κ3) is 3.11. The van der Waals surface area contributed by atoms with Gasteiger partial charge >= 0.3 is 11.9 Å². The van der Waals surface area contributed by atoms with Crippen molar-refractivity contribution < 1.29 is 29.0 Å². The summed E-state index contributed by atoms with van der Waals surface area (Å²) < 4.78 is 10.3. The Bertz CT molecular complexity index is 626. The van der Waals surface area contributed by atoms with E-state index in [2.05, 4.69) is 0 Å². The van der Waals surface area contributed by atoms with E-state index in [1.807, 2.05) is 0 Å². The second-order valence-corrected chi connectivity index (χ2v) is 5.78. The number of rotatable bonds is 5. The van der Waals surface area contributed by atoms with Crippen LogP contribution in [0.5, 0.6) is 0 Å². The average molecular weight is 349 g/mol. The van der Waals surface area contributed by atoms with Crippen LogP contribution in [0.1, 0.15) is 38.7 Å². The summed E-state index contributed by atoms with van der Waals surface area (Å²) in [5.74, 6) is -3.17. The van der Waals surface area contributed by atoms with Gasteiger partial charge in [-0.25, -0.2) is 9.59 Å². The minimum Gasteiger partial charge on any atom is -0.464 e. The molecule has 0 saturated carbocycles. The first-order valence-electron chi connectivity index (χ1n) is 8.28. The molecule has 1 saturated heterocycles. The van der Waals surface area contributed by atoms with E-state index in [1.54, 1.807) is 44.2 Å². The van der Waals surface area contributed by atoms with Crippen molar-refractivity contribution in [2.75, 3.05) is 13.2 Å². The Morgan fingerprint density at radius 1 is 1.12 bits per heavy atom. The summed E-state index contributed by atoms with van der Waals surface area (Å²) in [5, 5.41) is 10.5. The fraction of sp³-hybridized carbons (Fsp3) is 0.500. The molecule has 0 spiro atoms. The van der Waals surface area contributed by atoms with Gasteiger partial charge in [0.1, 0.15) is 6.23 Å². The van der Waals surface area contributed by atoms with Crippen molar-refractivity contribution in [3.05, 3.63) is 35.9 Å². The van der Waals surface area contributed by atoms with Gasteiger partial charge in [-0.2, -0.15) is 0 Å². The number of hydrogen-bond donors (Lipinski definition) is 1. The van der Waals surface area contributed by atoms with Gasteiger partial charge in [-0.3, -0.25) is 9.69 Å². The molecule has 0 aliphatic carbocycles. The Morgan fingerprint density at radius 3 is 2.08 bits per heavy atom. The summed E-state index contributed by atoms with van der Waals surface area (Å²) in [7, 11) is 0. The lowest BCUT2D eigenvalue weighted by Crippen LogP contribution is -2.63. The summed E-state index contributed by atoms with van der Waals surface area (Å²) in [4.78, 5) is 38.9. The fourth-order valence-corrected chi connectivity index (χ4v) is 3.46. The maximum Gasteiger partial charge on any atom is 0.344 e. The van der Waals surface area contributed by atoms with E-state index in [0.29, 0.717) is 5.56 Å². The highest BCUT2D eigenvalue weighted by atomic mass is 16.6. The first kappa shape index (κ1) is 18.9. The zero-order valence-corrected chi connectivity index (χ0v) is 14.6. The highest BCUT2D eigenvalue weighted by Crippen LogP contribution is 2.46. The number of ether oxygens (including phenoxy) is 2. The second-order valence-electron chi connectivity index (χ2n) is 5.78. The zero-order chi connectivity index (χ0) is 18.6. The van der Waals surface area contributed by atoms with Gasteiger partial charge in [-0.1, -0.05) is 30.3 Å². The molecule has 7 heteroatoms. The van der Waals surface area contributed by atoms with Crippen LogP contribution in [0.25, 0.3) is 0 Å². The normalized spacial score (nSPS) is 21.7. The molecule has 1 aromatic rings. The summed E-state index contributed by atoms with van der Waals surface area (Å²) in [5.41, 5.74) is -1.40. The summed E-state index contributed by atoms with van der Waals surface area (Å²) >= 11 is 0. The van der Waals surface area contributed by atoms with E-state index in [4.69, 9.17) is 9.47 Å². The number of carbonyl (C=O) groups excluding carboxylic acids is 3. The Labute approximate surface area is 146 Å². The molecule has 1 amide bonds. The van der Waals surface area contributed by atoms with Crippen LogP contribution in [0.15, 0.2) is 30.3 Å². The molecular weight excluding hydrogens is 326 g/mol. The number of likely N-dealkylation sites (tertiary alicyclic amines) is 1. The molecule has 0 bridgehead atoms. The minimum atomic E-state index is -2.04. The lowest BCUT2D eigenvalue weighted by atomic mass is 9.79. The predicted octanol–water partition coefficient (Wildman–Crippen LogP) is 1.21. The Balaban J connectivity index is 2.69. The lowest BCUT2D eigenvalue weighted by molar-refractivity contribution is -0.182. The standard InChI is InChI=1S/C18H23NO6/c1-4-24-16(22)18(17(23)25-5-2)14(13-9-7-6-8-10-13)11-15(21)19(18)12(3)20/h6-10,14-15,21H,4-5,11H2,1-3H3/t14-,15-/m0/s1. The van der Waals surface area contributed by atoms with Gasteiger partial charge in [0.05, 0.1) is 13.2 Å². The van der Waals surface area contributed by atoms with Gasteiger partial charge in [0.15, 0.2) is 0 Å². The molecular formula is C18H23NO6. The van der Waals surface area contributed by atoms with Crippen molar-refractivity contribution in [3.63, 3.8) is 0 Å². The van der Waals surface area contributed by atoms with Gasteiger partial charge in [0, 0.05) is 19.3 Å². The van der Waals surface area contributed by atoms with E-state index in [1.165, 1.54) is 6.92 Å². The largest absolute Gasteiger partial charge is 0.464 e. The van der Waals surface area contributed by atoms with Crippen LogP contribution < -0.4 is 0 Å². The molecule has 0 radical (unpaired) electrons. The smallest absolute Gasteiger partial charge is 0.344 e. The van der Waals surface area contributed by atoms with E-state index >= 15 is 0 Å². The predicted molar refractivity (Wildman–Crippen MR) is 88.3 cm³/mol. The average Bonchev–Trinajstić information content (AvgIpc) is 2.90. The van der Waals surface area contributed by atoms with E-state index in [9.17, 15) is 19.5 Å². The Hall–Kier alpha value is -2.41. The maximum absolute atomic E-state index is 12.9. The van der Waals surface area contributed by atoms with Gasteiger partial charge in [-0.05, 0) is 19.4 Å². The zero-order valence-electron chi connectivity index (χ0n) is 14.6. The number of nitrogens with zero attached hydrogens (tertiary/aromatic N) is 1. The number of esters is 2. The molecule has 0 unspecified atom stereocenters. The number of amides is 1. The summed E-state index contributed by atoms with van der Waals surface area (Å²) in [6, 6.07) is 8.81. The summed E-state index contributed by atoms with van der Waals surface area (Å²) in [6.45, 7) is 4.48. The topological polar surface area (TPSA) is 93.1 Å². The van der Waals surface area contributed by atoms with Crippen molar-refractivity contribution in [2.24, 2.45) is 0 Å². The van der Waals surface area contributed by atoms with Crippen LogP contribution >= 0.6 is 0 Å². The first-order valence-corrected chi connectivity index (χ1v) is 8.28. The van der Waals surface area contributed by atoms with Gasteiger partial charge in [0.25, 0.3) is 0 Å². The molecule has 1 fully saturated rings. The van der Waals surface area contributed by atoms with Crippen LogP contribution in [0, 0.1) is 0 Å². The molecule has 1 aliphatic rings. The molecule has 136 valence electrons. The quantitative estimate of drug-likeness (QED) is 0.634. The van der Waals surface area contributed by atoms with Crippen LogP contribution in [0.4, 0.5) is 0 Å². The maximum atomic E-state index is 12.9. The molecule has 1 heterocycles. The number of aliphatic hydroxyl groups is 1. The van der Waals surface area contributed by atoms with Crippen molar-refractivity contribution >= 4 is 17.8 Å². The van der Waals surface area contributed by atoms with Crippen molar-refractivity contribution in [2.45, 2.75) is 44.9 Å². The van der Waals surface area contributed by atoms with E-state index < -0.39 is 35.5 Å². The monoisotopic (exact) mass is 349 g/mol. The number of hydrogen-bond acceptors (Lipinski definition) is 6. The van der Waals surface area contributed by atoms with Crippen LogP contribution in [0.2, 0.25) is 0 Å². The first-order chi connectivity index (χ1) is 11.9. The lowest BCUT2D eigenvalue weighted by Gasteiger charge is -2.37. The highest BCUT2D eigenvalue weighted by molar-refractivity contribution is 6.09. The fourth-order valence-electron chi connectivity index (χ4n) is 3.46. The van der Waals surface area contributed by atoms with Gasteiger partial charge in [0.2, 0.25) is 11.4 Å². The number of aliphatic hydroxyl groups excluding tert-OH is 1. The highest BCUT2D eigenvalue weighted by Gasteiger charge is 2.66. The molecule has 7 nitrogen and oxygen atoms in total. The Morgan fingerprint density at radius 2 is 1.64 bits per heavy atom. The molecule has 1 N–H and O–H groups in total. The van der Waals surface area contributed by atoms with Gasteiger partial charge < -0.3 is 14.6 Å². The third-order valence-corrected chi connectivity index (χ3v) is 4.34. The van der Waals surface area contributed by atoms with Crippen molar-refractivity contribution in [1.82, 2.24) is 4.90 Å². The molecule has 2 rings (SSSR count). The second kappa shape index (κ2) is 7.65. The molecule has 1 aliphatic heterocycles. The van der Waals surface area contributed by atoms with Gasteiger partial charge in [-0.15, -0.1) is 0 Å². The SMILES string of the molecule is CCOC(=O)C1(C(=O)OCC)[C@H](c2ccccc2)C[C@H](O)N1C(C)=O. The van der Waals surface area contributed by atoms with E-state index in [-0.39, 0.29) is 19.6 Å². The van der Waals surface area contributed by atoms with Crippen LogP contribution in [-0.4, -0.2) is 52.8 Å². The van der Waals surface area contributed by atoms with Crippen molar-refractivity contribution in [3.8, 4) is 0 Å². The third-order valence-electron chi connectivity index (χ3n) is 4.34. The minimum absolute atomic E-state index is 0.0290. The van der Waals surface area contributed by atoms with Crippen LogP contribution in [0.3, 0.4) is 0 Å². The molecule has 25 heavy (non-hydrogen) atoms. The van der Waals surface area contributed by atoms with Crippen molar-refractivity contribution in [1.29, 1.82) is 0 Å². The molecule has 1 aromatic carbocycles. The molecule has 2 atom stereocenters. The van der Waals surface area contributed by atoms with E-state index in [0.717, 1.165) is 4.90 Å². The number of benzene rings is 1. The molecule has 0 aromatic heterocycles.